The zero-order valence-corrected chi connectivity index (χ0v) is 20.7. The van der Waals surface area contributed by atoms with Gasteiger partial charge in [0.05, 0.1) is 17.8 Å². The number of carboxylic acids is 1. The summed E-state index contributed by atoms with van der Waals surface area (Å²) in [5.41, 5.74) is 6.12. The molecule has 4 aromatic rings. The zero-order valence-electron chi connectivity index (χ0n) is 20.7. The maximum atomic E-state index is 13.2. The first-order valence-corrected chi connectivity index (χ1v) is 13.1. The van der Waals surface area contributed by atoms with Crippen LogP contribution in [0.4, 0.5) is 0 Å². The van der Waals surface area contributed by atoms with Crippen molar-refractivity contribution in [1.29, 1.82) is 0 Å². The van der Waals surface area contributed by atoms with E-state index in [9.17, 15) is 14.7 Å². The van der Waals surface area contributed by atoms with E-state index in [1.165, 1.54) is 48.7 Å². The maximum Gasteiger partial charge on any atom is 0.336 e. The lowest BCUT2D eigenvalue weighted by Gasteiger charge is -2.23. The molecule has 0 radical (unpaired) electrons. The summed E-state index contributed by atoms with van der Waals surface area (Å²) in [7, 11) is 0. The van der Waals surface area contributed by atoms with Gasteiger partial charge in [-0.15, -0.1) is 0 Å². The second-order valence-corrected chi connectivity index (χ2v) is 9.97. The summed E-state index contributed by atoms with van der Waals surface area (Å²) in [6, 6.07) is 21.0. The Hall–Kier alpha value is -4.06. The number of hydrogen-bond donors (Lipinski definition) is 2. The number of fused-ring (bicyclic) bond motifs is 5. The van der Waals surface area contributed by atoms with Crippen LogP contribution in [0.15, 0.2) is 66.7 Å². The van der Waals surface area contributed by atoms with E-state index in [-0.39, 0.29) is 18.0 Å². The Labute approximate surface area is 215 Å². The van der Waals surface area contributed by atoms with Crippen LogP contribution in [0.2, 0.25) is 0 Å². The molecule has 6 rings (SSSR count). The molecule has 0 spiro atoms. The van der Waals surface area contributed by atoms with Crippen LogP contribution < -0.4 is 10.1 Å². The van der Waals surface area contributed by atoms with Gasteiger partial charge in [-0.05, 0) is 60.2 Å². The average Bonchev–Trinajstić information content (AvgIpc) is 3.13. The third kappa shape index (κ3) is 4.26. The molecule has 0 saturated heterocycles. The number of aromatic carboxylic acids is 1. The van der Waals surface area contributed by atoms with Gasteiger partial charge >= 0.3 is 5.97 Å². The Balaban J connectivity index is 1.41. The number of carbonyl (C=O) groups is 2. The van der Waals surface area contributed by atoms with Crippen molar-refractivity contribution < 1.29 is 19.4 Å². The molecule has 0 atom stereocenters. The second-order valence-electron chi connectivity index (χ2n) is 9.97. The number of nitrogens with one attached hydrogen (secondary N) is 1. The Morgan fingerprint density at radius 1 is 0.973 bits per heavy atom. The third-order valence-corrected chi connectivity index (χ3v) is 7.78. The van der Waals surface area contributed by atoms with Crippen LogP contribution in [0, 0.1) is 0 Å². The number of hydrogen-bond acceptors (Lipinski definition) is 3. The molecule has 2 N–H and O–H groups in total. The number of aromatic nitrogens is 1. The summed E-state index contributed by atoms with van der Waals surface area (Å²) in [5, 5.41) is 13.6. The lowest BCUT2D eigenvalue weighted by Crippen LogP contribution is -2.24. The predicted octanol–water partition coefficient (Wildman–Crippen LogP) is 6.38. The van der Waals surface area contributed by atoms with Crippen LogP contribution in [0.1, 0.15) is 69.9 Å². The summed E-state index contributed by atoms with van der Waals surface area (Å²) >= 11 is 0. The molecular formula is C31H30N2O4. The molecule has 3 aromatic carbocycles. The molecule has 6 nitrogen and oxygen atoms in total. The molecule has 6 heteroatoms. The van der Waals surface area contributed by atoms with Gasteiger partial charge in [0.25, 0.3) is 5.91 Å². The first kappa shape index (κ1) is 23.3. The first-order chi connectivity index (χ1) is 18.1. The fraction of sp³-hybridized carbons (Fsp3) is 0.290. The van der Waals surface area contributed by atoms with Crippen molar-refractivity contribution in [3.8, 4) is 17.0 Å². The van der Waals surface area contributed by atoms with Crippen LogP contribution in [0.25, 0.3) is 22.2 Å². The van der Waals surface area contributed by atoms with Gasteiger partial charge in [-0.1, -0.05) is 55.7 Å². The van der Waals surface area contributed by atoms with Gasteiger partial charge in [0, 0.05) is 28.6 Å². The van der Waals surface area contributed by atoms with Gasteiger partial charge in [0.15, 0.2) is 0 Å². The number of nitrogens with zero attached hydrogens (tertiary/aromatic N) is 1. The predicted molar refractivity (Wildman–Crippen MR) is 143 cm³/mol. The third-order valence-electron chi connectivity index (χ3n) is 7.78. The number of rotatable bonds is 5. The van der Waals surface area contributed by atoms with Crippen LogP contribution in [0.3, 0.4) is 0 Å². The van der Waals surface area contributed by atoms with Crippen molar-refractivity contribution in [3.05, 3.63) is 89.0 Å². The number of ether oxygens (including phenoxy) is 1. The highest BCUT2D eigenvalue weighted by Crippen LogP contribution is 2.47. The topological polar surface area (TPSA) is 80.6 Å². The lowest BCUT2D eigenvalue weighted by molar-refractivity contribution is 0.0694. The van der Waals surface area contributed by atoms with Crippen molar-refractivity contribution in [3.63, 3.8) is 0 Å². The molecule has 1 aliphatic carbocycles. The Morgan fingerprint density at radius 2 is 1.76 bits per heavy atom. The summed E-state index contributed by atoms with van der Waals surface area (Å²) in [6.07, 6.45) is 6.14. The van der Waals surface area contributed by atoms with Gasteiger partial charge in [-0.3, -0.25) is 4.79 Å². The highest BCUT2D eigenvalue weighted by Gasteiger charge is 2.29. The smallest absolute Gasteiger partial charge is 0.336 e. The van der Waals surface area contributed by atoms with Gasteiger partial charge < -0.3 is 19.7 Å². The first-order valence-electron chi connectivity index (χ1n) is 13.1. The number of benzene rings is 3. The van der Waals surface area contributed by atoms with E-state index in [1.54, 1.807) is 24.3 Å². The fourth-order valence-corrected chi connectivity index (χ4v) is 6.04. The Morgan fingerprint density at radius 3 is 2.59 bits per heavy atom. The average molecular weight is 495 g/mol. The number of amides is 1. The largest absolute Gasteiger partial charge is 0.491 e. The van der Waals surface area contributed by atoms with Crippen molar-refractivity contribution >= 4 is 22.8 Å². The summed E-state index contributed by atoms with van der Waals surface area (Å²) in [5.74, 6) is 0.184. The van der Waals surface area contributed by atoms with Crippen molar-refractivity contribution in [2.75, 3.05) is 6.61 Å². The molecule has 188 valence electrons. The van der Waals surface area contributed by atoms with E-state index in [0.29, 0.717) is 30.2 Å². The summed E-state index contributed by atoms with van der Waals surface area (Å²) in [4.78, 5) is 24.7. The maximum absolute atomic E-state index is 13.2. The van der Waals surface area contributed by atoms with Gasteiger partial charge in [0.1, 0.15) is 12.4 Å². The molecule has 1 aromatic heterocycles. The van der Waals surface area contributed by atoms with Crippen molar-refractivity contribution in [1.82, 2.24) is 9.88 Å². The second kappa shape index (κ2) is 9.77. The summed E-state index contributed by atoms with van der Waals surface area (Å²) < 4.78 is 8.46. The Kier molecular flexibility index (Phi) is 6.16. The highest BCUT2D eigenvalue weighted by atomic mass is 16.5. The molecule has 1 saturated carbocycles. The highest BCUT2D eigenvalue weighted by molar-refractivity contribution is 6.01. The van der Waals surface area contributed by atoms with E-state index >= 15 is 0 Å². The van der Waals surface area contributed by atoms with Crippen LogP contribution in [0.5, 0.6) is 5.75 Å². The molecule has 37 heavy (non-hydrogen) atoms. The van der Waals surface area contributed by atoms with Crippen LogP contribution >= 0.6 is 0 Å². The molecule has 0 unspecified atom stereocenters. The van der Waals surface area contributed by atoms with E-state index < -0.39 is 5.97 Å². The Bertz CT molecular complexity index is 1500. The fourth-order valence-electron chi connectivity index (χ4n) is 6.04. The van der Waals surface area contributed by atoms with Crippen LogP contribution in [-0.4, -0.2) is 28.2 Å². The van der Waals surface area contributed by atoms with E-state index in [2.05, 4.69) is 28.1 Å². The monoisotopic (exact) mass is 494 g/mol. The van der Waals surface area contributed by atoms with Crippen molar-refractivity contribution in [2.45, 2.75) is 51.1 Å². The molecule has 0 bridgehead atoms. The minimum Gasteiger partial charge on any atom is -0.491 e. The molecular weight excluding hydrogens is 464 g/mol. The van der Waals surface area contributed by atoms with Crippen molar-refractivity contribution in [2.24, 2.45) is 0 Å². The van der Waals surface area contributed by atoms with Crippen LogP contribution in [-0.2, 0) is 13.1 Å². The standard InChI is InChI=1S/C31H30N2O4/c34-30(32-19-22-10-4-5-11-23(22)31(35)36)21-14-15-24-26(18-21)33-16-17-37-27-13-7-6-12-25(27)29(33)28(24)20-8-2-1-3-9-20/h4-7,10-15,18,20H,1-3,8-9,16-17,19H2,(H,32,34)(H,35,36). The molecule has 1 amide bonds. The van der Waals surface area contributed by atoms with Gasteiger partial charge in [0.2, 0.25) is 0 Å². The van der Waals surface area contributed by atoms with E-state index in [4.69, 9.17) is 4.74 Å². The van der Waals surface area contributed by atoms with E-state index in [0.717, 1.165) is 16.8 Å². The number of para-hydroxylation sites is 1. The number of carbonyl (C=O) groups excluding carboxylic acids is 1. The van der Waals surface area contributed by atoms with Gasteiger partial charge in [-0.25, -0.2) is 4.79 Å². The zero-order chi connectivity index (χ0) is 25.4. The molecule has 2 heterocycles. The quantitative estimate of drug-likeness (QED) is 0.338. The SMILES string of the molecule is O=C(NCc1ccccc1C(=O)O)c1ccc2c(C3CCCCC3)c3n(c2c1)CCOc1ccccc1-3. The number of carboxylic acid groups (broad SMARTS) is 1. The van der Waals surface area contributed by atoms with E-state index in [1.807, 2.05) is 24.3 Å². The normalized spacial score (nSPS) is 15.4. The molecule has 1 aliphatic heterocycles. The minimum atomic E-state index is -1.00. The molecule has 2 aliphatic rings. The lowest BCUT2D eigenvalue weighted by atomic mass is 9.81. The minimum absolute atomic E-state index is 0.153. The van der Waals surface area contributed by atoms with Gasteiger partial charge in [-0.2, -0.15) is 0 Å². The summed E-state index contributed by atoms with van der Waals surface area (Å²) in [6.45, 7) is 1.44. The molecule has 1 fully saturated rings.